The van der Waals surface area contributed by atoms with Gasteiger partial charge >= 0.3 is 0 Å². The zero-order valence-electron chi connectivity index (χ0n) is 11.1. The Morgan fingerprint density at radius 1 is 1.21 bits per heavy atom. The molecule has 0 saturated carbocycles. The van der Waals surface area contributed by atoms with Gasteiger partial charge in [0.2, 0.25) is 0 Å². The predicted octanol–water partition coefficient (Wildman–Crippen LogP) is 1.53. The van der Waals surface area contributed by atoms with E-state index >= 15 is 0 Å². The molecule has 0 aliphatic carbocycles. The molecule has 1 aromatic carbocycles. The number of hydrogen-bond acceptors (Lipinski definition) is 3. The van der Waals surface area contributed by atoms with Crippen LogP contribution in [-0.2, 0) is 0 Å². The minimum Gasteiger partial charge on any atom is -0.316 e. The van der Waals surface area contributed by atoms with Crippen molar-refractivity contribution in [2.24, 2.45) is 11.8 Å². The lowest BCUT2D eigenvalue weighted by Crippen LogP contribution is -2.43. The molecule has 100 valence electrons. The molecule has 0 bridgehead atoms. The molecule has 19 heavy (non-hydrogen) atoms. The van der Waals surface area contributed by atoms with Crippen LogP contribution in [0.3, 0.4) is 0 Å². The summed E-state index contributed by atoms with van der Waals surface area (Å²) < 4.78 is 0. The average molecular weight is 258 g/mol. The molecule has 2 heterocycles. The summed E-state index contributed by atoms with van der Waals surface area (Å²) in [7, 11) is 0. The van der Waals surface area contributed by atoms with Crippen LogP contribution in [0.25, 0.3) is 0 Å². The molecular weight excluding hydrogens is 240 g/mol. The maximum Gasteiger partial charge on any atom is 0.261 e. The number of nitrogens with one attached hydrogen (secondary N) is 1. The van der Waals surface area contributed by atoms with E-state index in [0.717, 1.165) is 19.5 Å². The molecule has 3 rings (SSSR count). The number of fused-ring (bicyclic) bond motifs is 1. The number of rotatable bonds is 2. The summed E-state index contributed by atoms with van der Waals surface area (Å²) >= 11 is 0. The highest BCUT2D eigenvalue weighted by Gasteiger charge is 2.37. The molecule has 0 spiro atoms. The third-order valence-electron chi connectivity index (χ3n) is 4.26. The summed E-state index contributed by atoms with van der Waals surface area (Å²) in [5.41, 5.74) is 1.10. The second-order valence-corrected chi connectivity index (χ2v) is 5.50. The van der Waals surface area contributed by atoms with Crippen LogP contribution < -0.4 is 5.32 Å². The second-order valence-electron chi connectivity index (χ2n) is 5.50. The Balaban J connectivity index is 1.80. The van der Waals surface area contributed by atoms with E-state index < -0.39 is 0 Å². The van der Waals surface area contributed by atoms with Gasteiger partial charge in [-0.1, -0.05) is 19.1 Å². The number of benzene rings is 1. The van der Waals surface area contributed by atoms with E-state index in [0.29, 0.717) is 29.5 Å². The summed E-state index contributed by atoms with van der Waals surface area (Å²) in [6, 6.07) is 7.09. The molecule has 2 amide bonds. The van der Waals surface area contributed by atoms with Crippen molar-refractivity contribution in [2.75, 3.05) is 19.6 Å². The summed E-state index contributed by atoms with van der Waals surface area (Å²) in [4.78, 5) is 26.0. The Morgan fingerprint density at radius 2 is 1.84 bits per heavy atom. The van der Waals surface area contributed by atoms with E-state index in [1.807, 2.05) is 0 Å². The Labute approximate surface area is 112 Å². The van der Waals surface area contributed by atoms with E-state index in [1.54, 1.807) is 24.3 Å². The minimum atomic E-state index is -0.133. The Morgan fingerprint density at radius 3 is 2.42 bits per heavy atom. The lowest BCUT2D eigenvalue weighted by Gasteiger charge is -2.31. The first-order valence-electron chi connectivity index (χ1n) is 6.84. The minimum absolute atomic E-state index is 0.133. The van der Waals surface area contributed by atoms with Crippen LogP contribution in [0.2, 0.25) is 0 Å². The van der Waals surface area contributed by atoms with Gasteiger partial charge in [-0.3, -0.25) is 14.5 Å². The van der Waals surface area contributed by atoms with Gasteiger partial charge in [0.1, 0.15) is 0 Å². The Kier molecular flexibility index (Phi) is 3.11. The monoisotopic (exact) mass is 258 g/mol. The van der Waals surface area contributed by atoms with Crippen LogP contribution in [0, 0.1) is 11.8 Å². The molecule has 2 atom stereocenters. The first-order chi connectivity index (χ1) is 9.18. The zero-order chi connectivity index (χ0) is 13.4. The van der Waals surface area contributed by atoms with E-state index in [1.165, 1.54) is 4.90 Å². The van der Waals surface area contributed by atoms with Crippen molar-refractivity contribution in [3.8, 4) is 0 Å². The predicted molar refractivity (Wildman–Crippen MR) is 71.9 cm³/mol. The van der Waals surface area contributed by atoms with Crippen LogP contribution in [0.5, 0.6) is 0 Å². The van der Waals surface area contributed by atoms with E-state index in [-0.39, 0.29) is 11.8 Å². The first kappa shape index (κ1) is 12.4. The zero-order valence-corrected chi connectivity index (χ0v) is 11.1. The fraction of sp³-hybridized carbons (Fsp3) is 0.467. The maximum absolute atomic E-state index is 12.3. The van der Waals surface area contributed by atoms with Crippen LogP contribution in [0.4, 0.5) is 0 Å². The molecule has 1 N–H and O–H groups in total. The van der Waals surface area contributed by atoms with Gasteiger partial charge in [0.15, 0.2) is 0 Å². The molecule has 0 aromatic heterocycles. The van der Waals surface area contributed by atoms with Crippen molar-refractivity contribution >= 4 is 11.8 Å². The smallest absolute Gasteiger partial charge is 0.261 e. The van der Waals surface area contributed by atoms with Gasteiger partial charge < -0.3 is 5.32 Å². The lowest BCUT2D eigenvalue weighted by atomic mass is 9.87. The van der Waals surface area contributed by atoms with Crippen molar-refractivity contribution in [3.63, 3.8) is 0 Å². The normalized spacial score (nSPS) is 26.7. The van der Waals surface area contributed by atoms with Crippen molar-refractivity contribution in [1.82, 2.24) is 10.2 Å². The Hall–Kier alpha value is -1.68. The van der Waals surface area contributed by atoms with Gasteiger partial charge in [0, 0.05) is 6.54 Å². The average Bonchev–Trinajstić information content (AvgIpc) is 2.67. The molecule has 2 aliphatic rings. The van der Waals surface area contributed by atoms with Crippen LogP contribution in [-0.4, -0.2) is 36.3 Å². The fourth-order valence-corrected chi connectivity index (χ4v) is 2.98. The third-order valence-corrected chi connectivity index (χ3v) is 4.26. The summed E-state index contributed by atoms with van der Waals surface area (Å²) in [5, 5.41) is 3.34. The highest BCUT2D eigenvalue weighted by Crippen LogP contribution is 2.27. The summed E-state index contributed by atoms with van der Waals surface area (Å²) in [6.07, 6.45) is 1.02. The van der Waals surface area contributed by atoms with Gasteiger partial charge in [0.05, 0.1) is 11.1 Å². The molecule has 1 saturated heterocycles. The number of carbonyl (C=O) groups excluding carboxylic acids is 2. The maximum atomic E-state index is 12.3. The number of nitrogens with zero attached hydrogens (tertiary/aromatic N) is 1. The number of imide groups is 1. The largest absolute Gasteiger partial charge is 0.316 e. The van der Waals surface area contributed by atoms with Crippen molar-refractivity contribution in [1.29, 1.82) is 0 Å². The number of amides is 2. The van der Waals surface area contributed by atoms with Crippen LogP contribution in [0.1, 0.15) is 34.1 Å². The standard InChI is InChI=1S/C15H18N2O2/c1-10-8-16-7-6-11(10)9-17-14(18)12-4-2-3-5-13(12)15(17)19/h2-5,10-11,16H,6-9H2,1H3. The van der Waals surface area contributed by atoms with Gasteiger partial charge in [-0.05, 0) is 43.5 Å². The van der Waals surface area contributed by atoms with Gasteiger partial charge in [-0.25, -0.2) is 0 Å². The number of piperidine rings is 1. The fourth-order valence-electron chi connectivity index (χ4n) is 2.98. The van der Waals surface area contributed by atoms with Gasteiger partial charge in [-0.15, -0.1) is 0 Å². The van der Waals surface area contributed by atoms with E-state index in [4.69, 9.17) is 0 Å². The molecule has 4 heteroatoms. The molecule has 1 fully saturated rings. The summed E-state index contributed by atoms with van der Waals surface area (Å²) in [5.74, 6) is 0.638. The highest BCUT2D eigenvalue weighted by molar-refractivity contribution is 6.21. The summed E-state index contributed by atoms with van der Waals surface area (Å²) in [6.45, 7) is 4.66. The second kappa shape index (κ2) is 4.78. The van der Waals surface area contributed by atoms with Crippen LogP contribution in [0.15, 0.2) is 24.3 Å². The van der Waals surface area contributed by atoms with Crippen molar-refractivity contribution < 1.29 is 9.59 Å². The van der Waals surface area contributed by atoms with Crippen molar-refractivity contribution in [3.05, 3.63) is 35.4 Å². The molecule has 4 nitrogen and oxygen atoms in total. The highest BCUT2D eigenvalue weighted by atomic mass is 16.2. The van der Waals surface area contributed by atoms with E-state index in [2.05, 4.69) is 12.2 Å². The van der Waals surface area contributed by atoms with E-state index in [9.17, 15) is 9.59 Å². The Bertz CT molecular complexity index is 492. The number of hydrogen-bond donors (Lipinski definition) is 1. The molecular formula is C15H18N2O2. The van der Waals surface area contributed by atoms with Gasteiger partial charge in [-0.2, -0.15) is 0 Å². The molecule has 2 unspecified atom stereocenters. The SMILES string of the molecule is CC1CNCCC1CN1C(=O)c2ccccc2C1=O. The topological polar surface area (TPSA) is 49.4 Å². The molecule has 1 aromatic rings. The molecule has 0 radical (unpaired) electrons. The third kappa shape index (κ3) is 2.06. The quantitative estimate of drug-likeness (QED) is 0.818. The lowest BCUT2D eigenvalue weighted by molar-refractivity contribution is 0.0599. The van der Waals surface area contributed by atoms with Gasteiger partial charge in [0.25, 0.3) is 11.8 Å². The molecule has 2 aliphatic heterocycles. The number of carbonyl (C=O) groups is 2. The van der Waals surface area contributed by atoms with Crippen molar-refractivity contribution in [2.45, 2.75) is 13.3 Å². The first-order valence-corrected chi connectivity index (χ1v) is 6.84. The van der Waals surface area contributed by atoms with Crippen LogP contribution >= 0.6 is 0 Å².